The molecule has 0 radical (unpaired) electrons. The lowest BCUT2D eigenvalue weighted by Crippen LogP contribution is -2.63. The number of hydrogen-bond acceptors (Lipinski definition) is 5. The van der Waals surface area contributed by atoms with E-state index in [-0.39, 0.29) is 45.4 Å². The van der Waals surface area contributed by atoms with Crippen LogP contribution in [0.15, 0.2) is 42.5 Å². The molecule has 0 heterocycles. The van der Waals surface area contributed by atoms with Crippen molar-refractivity contribution in [3.8, 4) is 0 Å². The quantitative estimate of drug-likeness (QED) is 0.189. The fourth-order valence-corrected chi connectivity index (χ4v) is 13.0. The van der Waals surface area contributed by atoms with Crippen LogP contribution in [0, 0.1) is 51.2 Å². The summed E-state index contributed by atoms with van der Waals surface area (Å²) in [6.07, 6.45) is 12.8. The second kappa shape index (κ2) is 12.7. The van der Waals surface area contributed by atoms with Crippen LogP contribution >= 0.6 is 0 Å². The molecule has 2 aromatic carbocycles. The van der Waals surface area contributed by atoms with Gasteiger partial charge in [0.15, 0.2) is 0 Å². The van der Waals surface area contributed by atoms with E-state index in [9.17, 15) is 24.6 Å². The molecule has 0 aliphatic heterocycles. The van der Waals surface area contributed by atoms with Crippen LogP contribution in [0.3, 0.4) is 0 Å². The number of carbonyl (C=O) groups is 3. The predicted molar refractivity (Wildman–Crippen MR) is 196 cm³/mol. The minimum absolute atomic E-state index is 0.0330. The van der Waals surface area contributed by atoms with Gasteiger partial charge in [0.2, 0.25) is 5.91 Å². The fraction of sp³-hybridized carbons (Fsp3) is 0.643. The van der Waals surface area contributed by atoms with E-state index in [1.54, 1.807) is 6.07 Å². The van der Waals surface area contributed by atoms with Crippen molar-refractivity contribution in [2.24, 2.45) is 51.2 Å². The first-order chi connectivity index (χ1) is 23.7. The van der Waals surface area contributed by atoms with Crippen molar-refractivity contribution in [3.63, 3.8) is 0 Å². The summed E-state index contributed by atoms with van der Waals surface area (Å²) in [7, 11) is 0. The molecule has 0 aromatic heterocycles. The summed E-state index contributed by atoms with van der Waals surface area (Å²) in [6.45, 7) is 10.3. The van der Waals surface area contributed by atoms with Crippen LogP contribution in [-0.4, -0.2) is 40.6 Å². The number of carbonyl (C=O) groups excluding carboxylic acids is 2. The highest BCUT2D eigenvalue weighted by Crippen LogP contribution is 2.73. The van der Waals surface area contributed by atoms with Gasteiger partial charge in [0.25, 0.3) is 5.91 Å². The molecule has 2 aromatic rings. The van der Waals surface area contributed by atoms with E-state index >= 15 is 0 Å². The van der Waals surface area contributed by atoms with Gasteiger partial charge in [-0.25, -0.2) is 4.79 Å². The van der Waals surface area contributed by atoms with Crippen LogP contribution in [0.5, 0.6) is 0 Å². The zero-order chi connectivity index (χ0) is 35.6. The van der Waals surface area contributed by atoms with Gasteiger partial charge < -0.3 is 26.6 Å². The number of benzene rings is 2. The molecule has 50 heavy (non-hydrogen) atoms. The van der Waals surface area contributed by atoms with Crippen LogP contribution in [0.25, 0.3) is 0 Å². The van der Waals surface area contributed by atoms with E-state index in [1.165, 1.54) is 43.9 Å². The Kier molecular flexibility index (Phi) is 8.88. The topological polar surface area (TPSA) is 142 Å². The second-order valence-corrected chi connectivity index (χ2v) is 17.8. The SMILES string of the molecule is CC1(C)C(O)CCC2(C)C1CCC1(C)C3CCC4(C(=O)NCCc5cccc(C(=O)Nc6cc(C(=O)O)ccc6N)c5)CCCC4C3CCC12. The van der Waals surface area contributed by atoms with E-state index in [0.29, 0.717) is 59.2 Å². The molecule has 5 saturated carbocycles. The van der Waals surface area contributed by atoms with Crippen molar-refractivity contribution in [2.45, 2.75) is 111 Å². The van der Waals surface area contributed by atoms with Gasteiger partial charge in [0.05, 0.1) is 28.5 Å². The van der Waals surface area contributed by atoms with Crippen molar-refractivity contribution in [2.75, 3.05) is 17.6 Å². The summed E-state index contributed by atoms with van der Waals surface area (Å²) in [5.74, 6) is 1.76. The molecule has 5 aliphatic rings. The minimum Gasteiger partial charge on any atom is -0.478 e. The van der Waals surface area contributed by atoms with Crippen molar-refractivity contribution >= 4 is 29.2 Å². The maximum atomic E-state index is 14.2. The van der Waals surface area contributed by atoms with Crippen molar-refractivity contribution < 1.29 is 24.6 Å². The maximum absolute atomic E-state index is 14.2. The van der Waals surface area contributed by atoms with Gasteiger partial charge in [-0.05, 0) is 152 Å². The number of fused-ring (bicyclic) bond motifs is 7. The molecule has 5 fully saturated rings. The molecule has 7 rings (SSSR count). The summed E-state index contributed by atoms with van der Waals surface area (Å²) >= 11 is 0. The Labute approximate surface area is 297 Å². The fourth-order valence-electron chi connectivity index (χ4n) is 13.0. The standard InChI is InChI=1S/C42H57N3O5/c1-39(2)33-15-19-40(3)29-14-21-42(18-6-9-30(42)28(29)11-13-34(40)41(33,4)20-16-35(39)46)38(50)44-22-17-25-7-5-8-26(23-25)36(47)45-32-24-27(37(48)49)10-12-31(32)43/h5,7-8,10,12,23-24,28-30,33-35,46H,6,9,11,13-22,43H2,1-4H3,(H,44,50)(H,45,47)(H,48,49). The van der Waals surface area contributed by atoms with E-state index in [2.05, 4.69) is 38.3 Å². The molecule has 2 amide bonds. The number of nitrogens with one attached hydrogen (secondary N) is 2. The molecule has 6 N–H and O–H groups in total. The molecule has 8 heteroatoms. The van der Waals surface area contributed by atoms with Gasteiger partial charge >= 0.3 is 5.97 Å². The normalized spacial score (nSPS) is 37.0. The lowest BCUT2D eigenvalue weighted by Gasteiger charge is -2.69. The lowest BCUT2D eigenvalue weighted by molar-refractivity contribution is -0.214. The summed E-state index contributed by atoms with van der Waals surface area (Å²) < 4.78 is 0. The second-order valence-electron chi connectivity index (χ2n) is 17.8. The monoisotopic (exact) mass is 683 g/mol. The van der Waals surface area contributed by atoms with Crippen molar-refractivity contribution in [1.82, 2.24) is 5.32 Å². The number of aliphatic hydroxyl groups excluding tert-OH is 1. The third kappa shape index (κ3) is 5.55. The van der Waals surface area contributed by atoms with E-state index in [0.717, 1.165) is 50.5 Å². The maximum Gasteiger partial charge on any atom is 0.335 e. The number of carboxylic acids is 1. The Balaban J connectivity index is 0.998. The number of amides is 2. The molecule has 0 spiro atoms. The Morgan fingerprint density at radius 3 is 2.38 bits per heavy atom. The zero-order valence-electron chi connectivity index (χ0n) is 30.4. The molecule has 0 bridgehead atoms. The number of aliphatic hydroxyl groups is 1. The minimum atomic E-state index is -1.09. The average molecular weight is 684 g/mol. The molecule has 270 valence electrons. The Hall–Kier alpha value is -3.39. The highest BCUT2D eigenvalue weighted by Gasteiger charge is 2.67. The molecular formula is C42H57N3O5. The van der Waals surface area contributed by atoms with Crippen LogP contribution in [0.4, 0.5) is 11.4 Å². The number of rotatable bonds is 7. The van der Waals surface area contributed by atoms with E-state index < -0.39 is 5.97 Å². The highest BCUT2D eigenvalue weighted by molar-refractivity contribution is 6.06. The van der Waals surface area contributed by atoms with E-state index in [4.69, 9.17) is 5.73 Å². The van der Waals surface area contributed by atoms with Gasteiger partial charge in [-0.1, -0.05) is 46.2 Å². The lowest BCUT2D eigenvalue weighted by atomic mass is 9.36. The van der Waals surface area contributed by atoms with Gasteiger partial charge in [-0.3, -0.25) is 9.59 Å². The smallest absolute Gasteiger partial charge is 0.335 e. The number of hydrogen-bond donors (Lipinski definition) is 5. The van der Waals surface area contributed by atoms with Crippen molar-refractivity contribution in [1.29, 1.82) is 0 Å². The highest BCUT2D eigenvalue weighted by atomic mass is 16.4. The molecule has 9 unspecified atom stereocenters. The van der Waals surface area contributed by atoms with E-state index in [1.807, 2.05) is 18.2 Å². The molecular weight excluding hydrogens is 626 g/mol. The Morgan fingerprint density at radius 1 is 0.820 bits per heavy atom. The van der Waals surface area contributed by atoms with Gasteiger partial charge in [-0.15, -0.1) is 0 Å². The molecule has 0 saturated heterocycles. The van der Waals surface area contributed by atoms with Crippen LogP contribution in [0.1, 0.15) is 125 Å². The molecule has 8 nitrogen and oxygen atoms in total. The first-order valence-corrected chi connectivity index (χ1v) is 19.2. The van der Waals surface area contributed by atoms with Crippen molar-refractivity contribution in [3.05, 3.63) is 59.2 Å². The largest absolute Gasteiger partial charge is 0.478 e. The van der Waals surface area contributed by atoms with Crippen LogP contribution in [-0.2, 0) is 11.2 Å². The third-order valence-corrected chi connectivity index (χ3v) is 15.4. The summed E-state index contributed by atoms with van der Waals surface area (Å²) in [6, 6.07) is 11.6. The Morgan fingerprint density at radius 2 is 1.60 bits per heavy atom. The zero-order valence-corrected chi connectivity index (χ0v) is 30.4. The summed E-state index contributed by atoms with van der Waals surface area (Å²) in [5.41, 5.74) is 8.26. The number of nitrogen functional groups attached to an aromatic ring is 1. The predicted octanol–water partition coefficient (Wildman–Crippen LogP) is 7.70. The van der Waals surface area contributed by atoms with Gasteiger partial charge in [-0.2, -0.15) is 0 Å². The molecule has 9 atom stereocenters. The number of aromatic carboxylic acids is 1. The number of carboxylic acid groups (broad SMARTS) is 1. The first-order valence-electron chi connectivity index (χ1n) is 19.2. The van der Waals surface area contributed by atoms with Crippen LogP contribution < -0.4 is 16.4 Å². The van der Waals surface area contributed by atoms with Gasteiger partial charge in [0.1, 0.15) is 0 Å². The number of nitrogens with two attached hydrogens (primary N) is 1. The summed E-state index contributed by atoms with van der Waals surface area (Å²) in [4.78, 5) is 38.7. The average Bonchev–Trinajstić information content (AvgIpc) is 3.53. The Bertz CT molecular complexity index is 1670. The van der Waals surface area contributed by atoms with Gasteiger partial charge in [0, 0.05) is 12.1 Å². The molecule has 5 aliphatic carbocycles. The third-order valence-electron chi connectivity index (χ3n) is 15.4. The summed E-state index contributed by atoms with van der Waals surface area (Å²) in [5, 5.41) is 26.4. The van der Waals surface area contributed by atoms with Crippen LogP contribution in [0.2, 0.25) is 0 Å². The first kappa shape index (κ1) is 35.0. The number of anilines is 2.